The molecule has 0 aromatic heterocycles. The van der Waals surface area contributed by atoms with Gasteiger partial charge in [0.15, 0.2) is 0 Å². The van der Waals surface area contributed by atoms with Crippen molar-refractivity contribution < 1.29 is 23.6 Å². The average molecular weight is 464 g/mol. The molecule has 2 amide bonds. The molecule has 0 aliphatic carbocycles. The molecule has 1 fully saturated rings. The summed E-state index contributed by atoms with van der Waals surface area (Å²) >= 11 is 0.814. The highest BCUT2D eigenvalue weighted by molar-refractivity contribution is 8.18. The molecular formula is C24H17FN2O5S. The van der Waals surface area contributed by atoms with Crippen LogP contribution in [0.3, 0.4) is 0 Å². The number of imide groups is 1. The monoisotopic (exact) mass is 464 g/mol. The van der Waals surface area contributed by atoms with Crippen LogP contribution in [0.2, 0.25) is 0 Å². The highest BCUT2D eigenvalue weighted by Gasteiger charge is 2.35. The fourth-order valence-corrected chi connectivity index (χ4v) is 3.96. The Labute approximate surface area is 192 Å². The second kappa shape index (κ2) is 9.66. The molecule has 7 nitrogen and oxygen atoms in total. The van der Waals surface area contributed by atoms with Crippen molar-refractivity contribution in [1.82, 2.24) is 4.90 Å². The molecule has 9 heteroatoms. The summed E-state index contributed by atoms with van der Waals surface area (Å²) in [4.78, 5) is 36.5. The number of hydrogen-bond donors (Lipinski definition) is 0. The number of nitrogens with zero attached hydrogens (tertiary/aromatic N) is 2. The summed E-state index contributed by atoms with van der Waals surface area (Å²) in [6, 6.07) is 19.1. The van der Waals surface area contributed by atoms with E-state index in [1.807, 2.05) is 0 Å². The zero-order chi connectivity index (χ0) is 23.4. The number of non-ortho nitro benzene ring substituents is 1. The third kappa shape index (κ3) is 5.27. The van der Waals surface area contributed by atoms with Crippen LogP contribution in [0.5, 0.6) is 5.75 Å². The predicted molar refractivity (Wildman–Crippen MR) is 122 cm³/mol. The highest BCUT2D eigenvalue weighted by atomic mass is 32.2. The van der Waals surface area contributed by atoms with Gasteiger partial charge in [0.05, 0.1) is 16.4 Å². The molecule has 0 unspecified atom stereocenters. The number of thioether (sulfide) groups is 1. The molecule has 0 radical (unpaired) electrons. The van der Waals surface area contributed by atoms with E-state index in [1.165, 1.54) is 24.3 Å². The largest absolute Gasteiger partial charge is 0.489 e. The van der Waals surface area contributed by atoms with Crippen LogP contribution >= 0.6 is 11.8 Å². The van der Waals surface area contributed by atoms with Gasteiger partial charge in [0.1, 0.15) is 18.2 Å². The van der Waals surface area contributed by atoms with Gasteiger partial charge in [-0.1, -0.05) is 30.3 Å². The van der Waals surface area contributed by atoms with Crippen LogP contribution in [-0.4, -0.2) is 21.0 Å². The molecule has 33 heavy (non-hydrogen) atoms. The topological polar surface area (TPSA) is 89.7 Å². The third-order valence-electron chi connectivity index (χ3n) is 4.89. The second-order valence-corrected chi connectivity index (χ2v) is 8.13. The van der Waals surface area contributed by atoms with Gasteiger partial charge in [0.25, 0.3) is 16.8 Å². The maximum atomic E-state index is 13.9. The minimum Gasteiger partial charge on any atom is -0.489 e. The average Bonchev–Trinajstić information content (AvgIpc) is 3.07. The SMILES string of the molecule is O=C1S/C(=C/c2ccc(OCc3ccc([N+](=O)[O-])cc3)cc2)C(=O)N1Cc1ccccc1F. The molecule has 0 spiro atoms. The Morgan fingerprint density at radius 3 is 2.36 bits per heavy atom. The first-order valence-corrected chi connectivity index (χ1v) is 10.7. The van der Waals surface area contributed by atoms with E-state index in [9.17, 15) is 24.1 Å². The number of hydrogen-bond acceptors (Lipinski definition) is 6. The van der Waals surface area contributed by atoms with E-state index in [-0.39, 0.29) is 29.3 Å². The van der Waals surface area contributed by atoms with Crippen molar-refractivity contribution in [3.05, 3.63) is 110 Å². The van der Waals surface area contributed by atoms with Gasteiger partial charge in [-0.25, -0.2) is 4.39 Å². The van der Waals surface area contributed by atoms with E-state index in [0.717, 1.165) is 22.2 Å². The molecule has 0 N–H and O–H groups in total. The fraction of sp³-hybridized carbons (Fsp3) is 0.0833. The van der Waals surface area contributed by atoms with E-state index >= 15 is 0 Å². The quantitative estimate of drug-likeness (QED) is 0.259. The minimum absolute atomic E-state index is 0.0152. The summed E-state index contributed by atoms with van der Waals surface area (Å²) in [7, 11) is 0. The van der Waals surface area contributed by atoms with Gasteiger partial charge < -0.3 is 4.74 Å². The van der Waals surface area contributed by atoms with Gasteiger partial charge in [-0.05, 0) is 59.3 Å². The Kier molecular flexibility index (Phi) is 6.50. The molecule has 1 aliphatic heterocycles. The number of benzene rings is 3. The van der Waals surface area contributed by atoms with Crippen molar-refractivity contribution in [2.24, 2.45) is 0 Å². The molecule has 1 saturated heterocycles. The molecule has 0 saturated carbocycles. The van der Waals surface area contributed by atoms with Crippen molar-refractivity contribution in [3.63, 3.8) is 0 Å². The summed E-state index contributed by atoms with van der Waals surface area (Å²) in [5.41, 5.74) is 1.78. The highest BCUT2D eigenvalue weighted by Crippen LogP contribution is 2.33. The molecule has 0 atom stereocenters. The number of amides is 2. The Hall–Kier alpha value is -3.98. The van der Waals surface area contributed by atoms with Gasteiger partial charge in [-0.2, -0.15) is 0 Å². The lowest BCUT2D eigenvalue weighted by Crippen LogP contribution is -2.27. The van der Waals surface area contributed by atoms with Gasteiger partial charge in [0.2, 0.25) is 0 Å². The maximum absolute atomic E-state index is 13.9. The van der Waals surface area contributed by atoms with E-state index in [0.29, 0.717) is 11.3 Å². The maximum Gasteiger partial charge on any atom is 0.293 e. The Balaban J connectivity index is 1.39. The van der Waals surface area contributed by atoms with Crippen LogP contribution in [0.1, 0.15) is 16.7 Å². The van der Waals surface area contributed by atoms with Crippen molar-refractivity contribution >= 4 is 34.7 Å². The van der Waals surface area contributed by atoms with Gasteiger partial charge >= 0.3 is 0 Å². The molecule has 0 bridgehead atoms. The smallest absolute Gasteiger partial charge is 0.293 e. The van der Waals surface area contributed by atoms with Crippen molar-refractivity contribution in [3.8, 4) is 5.75 Å². The van der Waals surface area contributed by atoms with Crippen molar-refractivity contribution in [2.45, 2.75) is 13.2 Å². The second-order valence-electron chi connectivity index (χ2n) is 7.14. The lowest BCUT2D eigenvalue weighted by atomic mass is 10.2. The molecule has 4 rings (SSSR count). The molecule has 3 aromatic carbocycles. The van der Waals surface area contributed by atoms with Crippen molar-refractivity contribution in [2.75, 3.05) is 0 Å². The summed E-state index contributed by atoms with van der Waals surface area (Å²) in [5.74, 6) is -0.352. The van der Waals surface area contributed by atoms with Gasteiger partial charge in [-0.3, -0.25) is 24.6 Å². The number of carbonyl (C=O) groups excluding carboxylic acids is 2. The first-order valence-electron chi connectivity index (χ1n) is 9.86. The van der Waals surface area contributed by atoms with Crippen LogP contribution in [0.15, 0.2) is 77.7 Å². The predicted octanol–water partition coefficient (Wildman–Crippen LogP) is 5.55. The van der Waals surface area contributed by atoms with E-state index in [1.54, 1.807) is 54.6 Å². The van der Waals surface area contributed by atoms with Gasteiger partial charge in [0, 0.05) is 17.7 Å². The summed E-state index contributed by atoms with van der Waals surface area (Å²) in [6.07, 6.45) is 1.60. The molecule has 3 aromatic rings. The summed E-state index contributed by atoms with van der Waals surface area (Å²) < 4.78 is 19.6. The van der Waals surface area contributed by atoms with Crippen molar-refractivity contribution in [1.29, 1.82) is 0 Å². The minimum atomic E-state index is -0.468. The molecule has 1 aliphatic rings. The van der Waals surface area contributed by atoms with Crippen LogP contribution in [-0.2, 0) is 17.9 Å². The lowest BCUT2D eigenvalue weighted by Gasteiger charge is -2.12. The van der Waals surface area contributed by atoms with E-state index in [4.69, 9.17) is 4.74 Å². The normalized spacial score (nSPS) is 14.7. The summed E-state index contributed by atoms with van der Waals surface area (Å²) in [6.45, 7) is 0.121. The first-order chi connectivity index (χ1) is 15.9. The zero-order valence-electron chi connectivity index (χ0n) is 17.1. The standard InChI is InChI=1S/C24H17FN2O5S/c25-21-4-2-1-3-18(21)14-26-23(28)22(33-24(26)29)13-16-7-11-20(12-8-16)32-15-17-5-9-19(10-6-17)27(30)31/h1-13H,14-15H2/b22-13+. The zero-order valence-corrected chi connectivity index (χ0v) is 18.0. The number of carbonyl (C=O) groups is 2. The van der Waals surface area contributed by atoms with Gasteiger partial charge in [-0.15, -0.1) is 0 Å². The first kappa shape index (κ1) is 22.2. The fourth-order valence-electron chi connectivity index (χ4n) is 3.13. The van der Waals surface area contributed by atoms with Crippen LogP contribution in [0, 0.1) is 15.9 Å². The molecule has 166 valence electrons. The lowest BCUT2D eigenvalue weighted by molar-refractivity contribution is -0.384. The van der Waals surface area contributed by atoms with Crippen LogP contribution in [0.25, 0.3) is 6.08 Å². The molecule has 1 heterocycles. The van der Waals surface area contributed by atoms with Crippen LogP contribution in [0.4, 0.5) is 14.9 Å². The third-order valence-corrected chi connectivity index (χ3v) is 5.80. The number of ether oxygens (including phenoxy) is 1. The number of rotatable bonds is 7. The van der Waals surface area contributed by atoms with E-state index < -0.39 is 21.9 Å². The number of nitro benzene ring substituents is 1. The number of halogens is 1. The number of nitro groups is 1. The van der Waals surface area contributed by atoms with Crippen LogP contribution < -0.4 is 4.74 Å². The Morgan fingerprint density at radius 1 is 1.00 bits per heavy atom. The Bertz CT molecular complexity index is 1240. The molecular weight excluding hydrogens is 447 g/mol. The summed E-state index contributed by atoms with van der Waals surface area (Å²) in [5, 5.41) is 10.3. The van der Waals surface area contributed by atoms with E-state index in [2.05, 4.69) is 0 Å². The Morgan fingerprint density at radius 2 is 1.70 bits per heavy atom.